The lowest BCUT2D eigenvalue weighted by molar-refractivity contribution is -0.127. The van der Waals surface area contributed by atoms with Gasteiger partial charge in [-0.3, -0.25) is 9.69 Å². The Bertz CT molecular complexity index is 459. The largest absolute Gasteiger partial charge is 0.325 e. The minimum atomic E-state index is -0.534. The fourth-order valence-electron chi connectivity index (χ4n) is 2.15. The van der Waals surface area contributed by atoms with Crippen molar-refractivity contribution in [2.75, 3.05) is 27.2 Å². The molecule has 2 rings (SSSR count). The van der Waals surface area contributed by atoms with E-state index in [4.69, 9.17) is 0 Å². The van der Waals surface area contributed by atoms with E-state index in [1.54, 1.807) is 0 Å². The minimum Gasteiger partial charge on any atom is -0.322 e. The summed E-state index contributed by atoms with van der Waals surface area (Å²) in [5, 5.41) is 2.73. The molecule has 1 aliphatic heterocycles. The number of imide groups is 1. The molecule has 0 radical (unpaired) electrons. The normalized spacial score (nSPS) is 19.1. The average Bonchev–Trinajstić information content (AvgIpc) is 2.67. The van der Waals surface area contributed by atoms with Gasteiger partial charge in [-0.15, -0.1) is 0 Å². The van der Waals surface area contributed by atoms with Gasteiger partial charge in [-0.2, -0.15) is 0 Å². The lowest BCUT2D eigenvalue weighted by Gasteiger charge is -2.15. The van der Waals surface area contributed by atoms with Crippen molar-refractivity contribution >= 4 is 11.9 Å². The summed E-state index contributed by atoms with van der Waals surface area (Å²) < 4.78 is 0. The molecule has 1 N–H and O–H groups in total. The van der Waals surface area contributed by atoms with Crippen LogP contribution in [-0.2, 0) is 4.79 Å². The number of carbonyl (C=O) groups excluding carboxylic acids is 2. The van der Waals surface area contributed by atoms with Gasteiger partial charge >= 0.3 is 6.03 Å². The van der Waals surface area contributed by atoms with E-state index >= 15 is 0 Å². The summed E-state index contributed by atoms with van der Waals surface area (Å²) in [5.41, 5.74) is 0.830. The number of rotatable bonds is 5. The zero-order valence-corrected chi connectivity index (χ0v) is 11.3. The Hall–Kier alpha value is -1.88. The Morgan fingerprint density at radius 2 is 1.89 bits per heavy atom. The average molecular weight is 261 g/mol. The minimum absolute atomic E-state index is 0.157. The van der Waals surface area contributed by atoms with Crippen molar-refractivity contribution in [3.63, 3.8) is 0 Å². The Kier molecular flexibility index (Phi) is 4.16. The summed E-state index contributed by atoms with van der Waals surface area (Å²) in [5.74, 6) is -0.157. The van der Waals surface area contributed by atoms with Crippen LogP contribution in [0.2, 0.25) is 0 Å². The third-order valence-electron chi connectivity index (χ3n) is 3.15. The molecular weight excluding hydrogens is 242 g/mol. The Balaban J connectivity index is 2.00. The second-order valence-electron chi connectivity index (χ2n) is 4.94. The first kappa shape index (κ1) is 13.5. The summed E-state index contributed by atoms with van der Waals surface area (Å²) in [7, 11) is 3.94. The van der Waals surface area contributed by atoms with Gasteiger partial charge in [-0.1, -0.05) is 30.3 Å². The van der Waals surface area contributed by atoms with Crippen LogP contribution < -0.4 is 5.32 Å². The quantitative estimate of drug-likeness (QED) is 0.811. The molecule has 1 aliphatic rings. The van der Waals surface area contributed by atoms with E-state index in [-0.39, 0.29) is 11.9 Å². The van der Waals surface area contributed by atoms with Crippen LogP contribution in [0.1, 0.15) is 18.0 Å². The Morgan fingerprint density at radius 3 is 2.53 bits per heavy atom. The van der Waals surface area contributed by atoms with Crippen LogP contribution >= 0.6 is 0 Å². The van der Waals surface area contributed by atoms with Crippen LogP contribution in [0.4, 0.5) is 4.79 Å². The third-order valence-corrected chi connectivity index (χ3v) is 3.15. The summed E-state index contributed by atoms with van der Waals surface area (Å²) >= 11 is 0. The molecule has 5 nitrogen and oxygen atoms in total. The van der Waals surface area contributed by atoms with Gasteiger partial charge in [0.05, 0.1) is 0 Å². The molecule has 0 aliphatic carbocycles. The zero-order chi connectivity index (χ0) is 13.8. The number of urea groups is 1. The smallest absolute Gasteiger partial charge is 0.322 e. The highest BCUT2D eigenvalue weighted by molar-refractivity contribution is 6.04. The number of benzene rings is 1. The molecule has 0 spiro atoms. The number of hydrogen-bond donors (Lipinski definition) is 1. The molecule has 5 heteroatoms. The summed E-state index contributed by atoms with van der Waals surface area (Å²) in [6.07, 6.45) is 0.785. The van der Waals surface area contributed by atoms with E-state index in [1.165, 1.54) is 4.90 Å². The molecule has 3 amide bonds. The SMILES string of the molecule is CN(C)CCCN1C(=O)NC(c2ccccc2)C1=O. The maximum absolute atomic E-state index is 12.2. The number of amides is 3. The lowest BCUT2D eigenvalue weighted by Crippen LogP contribution is -2.33. The molecule has 0 saturated carbocycles. The fraction of sp³-hybridized carbons (Fsp3) is 0.429. The molecule has 19 heavy (non-hydrogen) atoms. The monoisotopic (exact) mass is 261 g/mol. The predicted molar refractivity (Wildman–Crippen MR) is 72.6 cm³/mol. The van der Waals surface area contributed by atoms with Crippen molar-refractivity contribution in [1.82, 2.24) is 15.1 Å². The molecule has 1 aromatic rings. The number of nitrogens with zero attached hydrogens (tertiary/aromatic N) is 2. The zero-order valence-electron chi connectivity index (χ0n) is 11.3. The van der Waals surface area contributed by atoms with E-state index in [0.717, 1.165) is 18.5 Å². The van der Waals surface area contributed by atoms with Gasteiger partial charge in [-0.05, 0) is 32.6 Å². The van der Waals surface area contributed by atoms with Crippen LogP contribution in [0.3, 0.4) is 0 Å². The first-order chi connectivity index (χ1) is 9.09. The molecule has 0 bridgehead atoms. The van der Waals surface area contributed by atoms with Crippen molar-refractivity contribution in [1.29, 1.82) is 0 Å². The van der Waals surface area contributed by atoms with Crippen molar-refractivity contribution in [2.24, 2.45) is 0 Å². The second kappa shape index (κ2) is 5.84. The summed E-state index contributed by atoms with van der Waals surface area (Å²) in [6.45, 7) is 1.32. The molecule has 1 fully saturated rings. The number of nitrogens with one attached hydrogen (secondary N) is 1. The molecule has 1 heterocycles. The maximum Gasteiger partial charge on any atom is 0.325 e. The van der Waals surface area contributed by atoms with Gasteiger partial charge in [-0.25, -0.2) is 4.79 Å². The molecular formula is C14H19N3O2. The van der Waals surface area contributed by atoms with Crippen LogP contribution in [0.5, 0.6) is 0 Å². The van der Waals surface area contributed by atoms with Gasteiger partial charge in [0.1, 0.15) is 6.04 Å². The molecule has 102 valence electrons. The Labute approximate surface area is 113 Å². The molecule has 0 aromatic heterocycles. The van der Waals surface area contributed by atoms with Gasteiger partial charge in [0.15, 0.2) is 0 Å². The highest BCUT2D eigenvalue weighted by Crippen LogP contribution is 2.21. The summed E-state index contributed by atoms with van der Waals surface area (Å²) in [4.78, 5) is 27.4. The first-order valence-electron chi connectivity index (χ1n) is 6.41. The molecule has 1 unspecified atom stereocenters. The first-order valence-corrected chi connectivity index (χ1v) is 6.41. The van der Waals surface area contributed by atoms with Crippen LogP contribution in [-0.4, -0.2) is 48.9 Å². The number of hydrogen-bond acceptors (Lipinski definition) is 3. The summed E-state index contributed by atoms with van der Waals surface area (Å²) in [6, 6.07) is 8.50. The van der Waals surface area contributed by atoms with Gasteiger partial charge in [0.25, 0.3) is 5.91 Å². The standard InChI is InChI=1S/C14H19N3O2/c1-16(2)9-6-10-17-13(18)12(15-14(17)19)11-7-4-3-5-8-11/h3-5,7-8,12H,6,9-10H2,1-2H3,(H,15,19). The van der Waals surface area contributed by atoms with Crippen molar-refractivity contribution in [3.8, 4) is 0 Å². The van der Waals surface area contributed by atoms with Gasteiger partial charge in [0, 0.05) is 6.54 Å². The van der Waals surface area contributed by atoms with Crippen LogP contribution in [0.15, 0.2) is 30.3 Å². The second-order valence-corrected chi connectivity index (χ2v) is 4.94. The number of carbonyl (C=O) groups is 2. The molecule has 1 atom stereocenters. The van der Waals surface area contributed by atoms with Crippen molar-refractivity contribution in [2.45, 2.75) is 12.5 Å². The maximum atomic E-state index is 12.2. The Morgan fingerprint density at radius 1 is 1.21 bits per heavy atom. The van der Waals surface area contributed by atoms with Crippen molar-refractivity contribution in [3.05, 3.63) is 35.9 Å². The van der Waals surface area contributed by atoms with E-state index in [0.29, 0.717) is 6.54 Å². The van der Waals surface area contributed by atoms with Crippen molar-refractivity contribution < 1.29 is 9.59 Å². The molecule has 1 aromatic carbocycles. The van der Waals surface area contributed by atoms with E-state index < -0.39 is 6.04 Å². The fourth-order valence-corrected chi connectivity index (χ4v) is 2.15. The van der Waals surface area contributed by atoms with Gasteiger partial charge in [0.2, 0.25) is 0 Å². The highest BCUT2D eigenvalue weighted by atomic mass is 16.2. The van der Waals surface area contributed by atoms with E-state index in [1.807, 2.05) is 49.3 Å². The third kappa shape index (κ3) is 3.12. The van der Waals surface area contributed by atoms with Gasteiger partial charge < -0.3 is 10.2 Å². The predicted octanol–water partition coefficient (Wildman–Crippen LogP) is 1.23. The highest BCUT2D eigenvalue weighted by Gasteiger charge is 2.38. The van der Waals surface area contributed by atoms with Crippen LogP contribution in [0, 0.1) is 0 Å². The molecule has 1 saturated heterocycles. The van der Waals surface area contributed by atoms with E-state index in [9.17, 15) is 9.59 Å². The lowest BCUT2D eigenvalue weighted by atomic mass is 10.1. The van der Waals surface area contributed by atoms with Crippen LogP contribution in [0.25, 0.3) is 0 Å². The van der Waals surface area contributed by atoms with E-state index in [2.05, 4.69) is 5.32 Å². The topological polar surface area (TPSA) is 52.6 Å².